The predicted octanol–water partition coefficient (Wildman–Crippen LogP) is 2.11. The van der Waals surface area contributed by atoms with E-state index in [1.165, 1.54) is 6.20 Å². The van der Waals surface area contributed by atoms with E-state index in [4.69, 9.17) is 10.4 Å². The summed E-state index contributed by atoms with van der Waals surface area (Å²) in [7, 11) is 0. The normalized spacial score (nSPS) is 10.8. The molecule has 0 saturated heterocycles. The Morgan fingerprint density at radius 1 is 1.50 bits per heavy atom. The number of aliphatic hydroxyl groups excluding tert-OH is 1. The Hall–Kier alpha value is -1.84. The highest BCUT2D eigenvalue weighted by Gasteiger charge is 2.11. The molecule has 1 aromatic rings. The Labute approximate surface area is 126 Å². The number of carbonyl (C=O) groups is 1. The van der Waals surface area contributed by atoms with Crippen molar-refractivity contribution in [2.45, 2.75) is 6.92 Å². The second kappa shape index (κ2) is 8.35. The molecule has 0 aromatic heterocycles. The van der Waals surface area contributed by atoms with Gasteiger partial charge in [-0.15, -0.1) is 0 Å². The van der Waals surface area contributed by atoms with Crippen molar-refractivity contribution in [1.29, 1.82) is 5.26 Å². The van der Waals surface area contributed by atoms with Gasteiger partial charge in [-0.3, -0.25) is 4.79 Å². The van der Waals surface area contributed by atoms with Gasteiger partial charge in [-0.1, -0.05) is 15.9 Å². The zero-order valence-electron chi connectivity index (χ0n) is 11.1. The van der Waals surface area contributed by atoms with Gasteiger partial charge in [0.05, 0.1) is 6.61 Å². The van der Waals surface area contributed by atoms with Gasteiger partial charge in [-0.2, -0.15) is 5.26 Å². The molecular formula is C14H16BrN3O2. The lowest BCUT2D eigenvalue weighted by molar-refractivity contribution is -0.112. The van der Waals surface area contributed by atoms with E-state index in [0.717, 1.165) is 4.47 Å². The first-order chi connectivity index (χ1) is 9.60. The highest BCUT2D eigenvalue weighted by molar-refractivity contribution is 9.10. The summed E-state index contributed by atoms with van der Waals surface area (Å²) < 4.78 is 0.909. The number of hydrogen-bond acceptors (Lipinski definition) is 4. The van der Waals surface area contributed by atoms with Crippen LogP contribution in [-0.2, 0) is 4.79 Å². The minimum Gasteiger partial charge on any atom is -0.395 e. The molecule has 0 unspecified atom stereocenters. The number of amides is 1. The van der Waals surface area contributed by atoms with Crippen molar-refractivity contribution in [1.82, 2.24) is 4.90 Å². The Balaban J connectivity index is 2.79. The maximum atomic E-state index is 12.0. The number of carbonyl (C=O) groups excluding carboxylic acids is 1. The fourth-order valence-electron chi connectivity index (χ4n) is 1.49. The van der Waals surface area contributed by atoms with Gasteiger partial charge >= 0.3 is 0 Å². The molecule has 1 amide bonds. The number of likely N-dealkylation sites (N-methyl/N-ethyl adjacent to an activating group) is 1. The lowest BCUT2D eigenvalue weighted by atomic mass is 10.2. The molecule has 1 rings (SSSR count). The van der Waals surface area contributed by atoms with Gasteiger partial charge in [0, 0.05) is 29.4 Å². The van der Waals surface area contributed by atoms with Crippen LogP contribution >= 0.6 is 15.9 Å². The Morgan fingerprint density at radius 3 is 2.65 bits per heavy atom. The fraction of sp³-hybridized carbons (Fsp3) is 0.286. The molecular weight excluding hydrogens is 322 g/mol. The van der Waals surface area contributed by atoms with E-state index in [1.54, 1.807) is 29.2 Å². The van der Waals surface area contributed by atoms with Crippen LogP contribution in [0.15, 0.2) is 40.5 Å². The van der Waals surface area contributed by atoms with Gasteiger partial charge < -0.3 is 15.3 Å². The summed E-state index contributed by atoms with van der Waals surface area (Å²) in [6.45, 7) is 2.84. The van der Waals surface area contributed by atoms with Crippen LogP contribution in [0.5, 0.6) is 0 Å². The zero-order valence-corrected chi connectivity index (χ0v) is 12.7. The molecule has 1 aromatic carbocycles. The van der Waals surface area contributed by atoms with Crippen LogP contribution in [0, 0.1) is 11.3 Å². The minimum absolute atomic E-state index is 0.00298. The molecule has 0 fully saturated rings. The summed E-state index contributed by atoms with van der Waals surface area (Å²) in [5.74, 6) is -0.466. The highest BCUT2D eigenvalue weighted by Crippen LogP contribution is 2.14. The summed E-state index contributed by atoms with van der Waals surface area (Å²) in [6, 6.07) is 8.95. The summed E-state index contributed by atoms with van der Waals surface area (Å²) in [5, 5.41) is 20.6. The van der Waals surface area contributed by atoms with E-state index >= 15 is 0 Å². The van der Waals surface area contributed by atoms with Crippen LogP contribution in [-0.4, -0.2) is 35.6 Å². The van der Waals surface area contributed by atoms with Crippen LogP contribution in [0.2, 0.25) is 0 Å². The van der Waals surface area contributed by atoms with Crippen LogP contribution < -0.4 is 5.32 Å². The van der Waals surface area contributed by atoms with E-state index < -0.39 is 5.91 Å². The summed E-state index contributed by atoms with van der Waals surface area (Å²) in [4.78, 5) is 13.7. The molecule has 0 atom stereocenters. The SMILES string of the molecule is CCN(/C=C(/C#N)C(=O)Nc1ccc(Br)cc1)CCO. The molecule has 0 spiro atoms. The molecule has 2 N–H and O–H groups in total. The Kier molecular flexibility index (Phi) is 6.77. The van der Waals surface area contributed by atoms with Gasteiger partial charge in [0.15, 0.2) is 0 Å². The lowest BCUT2D eigenvalue weighted by Crippen LogP contribution is -2.23. The summed E-state index contributed by atoms with van der Waals surface area (Å²) >= 11 is 3.31. The number of nitrogens with one attached hydrogen (secondary N) is 1. The fourth-order valence-corrected chi connectivity index (χ4v) is 1.76. The number of benzene rings is 1. The second-order valence-corrected chi connectivity index (χ2v) is 4.88. The minimum atomic E-state index is -0.466. The van der Waals surface area contributed by atoms with Crippen LogP contribution in [0.1, 0.15) is 6.92 Å². The van der Waals surface area contributed by atoms with Crippen molar-refractivity contribution in [2.75, 3.05) is 25.0 Å². The standard InChI is InChI=1S/C14H16BrN3O2/c1-2-18(7-8-19)10-11(9-16)14(20)17-13-5-3-12(15)4-6-13/h3-6,10,19H,2,7-8H2,1H3,(H,17,20)/b11-10-. The third kappa shape index (κ3) is 5.03. The van der Waals surface area contributed by atoms with Crippen molar-refractivity contribution in [3.8, 4) is 6.07 Å². The molecule has 6 heteroatoms. The number of halogens is 1. The molecule has 0 aliphatic carbocycles. The number of nitriles is 1. The first kappa shape index (κ1) is 16.2. The van der Waals surface area contributed by atoms with Crippen molar-refractivity contribution < 1.29 is 9.90 Å². The molecule has 0 radical (unpaired) electrons. The van der Waals surface area contributed by atoms with E-state index in [0.29, 0.717) is 18.8 Å². The van der Waals surface area contributed by atoms with E-state index in [9.17, 15) is 4.79 Å². The molecule has 0 aliphatic heterocycles. The molecule has 106 valence electrons. The molecule has 0 heterocycles. The number of aliphatic hydroxyl groups is 1. The van der Waals surface area contributed by atoms with Crippen molar-refractivity contribution >= 4 is 27.5 Å². The van der Waals surface area contributed by atoms with E-state index in [2.05, 4.69) is 21.2 Å². The van der Waals surface area contributed by atoms with Gasteiger partial charge in [0.1, 0.15) is 11.6 Å². The van der Waals surface area contributed by atoms with Gasteiger partial charge in [0.25, 0.3) is 5.91 Å². The average Bonchev–Trinajstić information content (AvgIpc) is 2.45. The number of hydrogen-bond donors (Lipinski definition) is 2. The molecule has 0 aliphatic rings. The highest BCUT2D eigenvalue weighted by atomic mass is 79.9. The number of anilines is 1. The third-order valence-corrected chi connectivity index (χ3v) is 3.10. The maximum absolute atomic E-state index is 12.0. The van der Waals surface area contributed by atoms with Gasteiger partial charge in [-0.05, 0) is 31.2 Å². The van der Waals surface area contributed by atoms with Crippen LogP contribution in [0.25, 0.3) is 0 Å². The average molecular weight is 338 g/mol. The number of rotatable bonds is 6. The van der Waals surface area contributed by atoms with Crippen molar-refractivity contribution in [3.05, 3.63) is 40.5 Å². The second-order valence-electron chi connectivity index (χ2n) is 3.97. The topological polar surface area (TPSA) is 76.4 Å². The first-order valence-electron chi connectivity index (χ1n) is 6.14. The zero-order chi connectivity index (χ0) is 15.0. The van der Waals surface area contributed by atoms with E-state index in [-0.39, 0.29) is 12.2 Å². The number of nitrogens with zero attached hydrogens (tertiary/aromatic N) is 2. The van der Waals surface area contributed by atoms with Crippen molar-refractivity contribution in [3.63, 3.8) is 0 Å². The van der Waals surface area contributed by atoms with Crippen LogP contribution in [0.3, 0.4) is 0 Å². The maximum Gasteiger partial charge on any atom is 0.267 e. The smallest absolute Gasteiger partial charge is 0.267 e. The predicted molar refractivity (Wildman–Crippen MR) is 80.8 cm³/mol. The molecule has 0 bridgehead atoms. The Bertz CT molecular complexity index is 520. The molecule has 0 saturated carbocycles. The van der Waals surface area contributed by atoms with Gasteiger partial charge in [-0.25, -0.2) is 0 Å². The van der Waals surface area contributed by atoms with E-state index in [1.807, 2.05) is 13.0 Å². The summed E-state index contributed by atoms with van der Waals surface area (Å²) in [5.41, 5.74) is 0.618. The van der Waals surface area contributed by atoms with Gasteiger partial charge in [0.2, 0.25) is 0 Å². The lowest BCUT2D eigenvalue weighted by Gasteiger charge is -2.17. The Morgan fingerprint density at radius 2 is 2.15 bits per heavy atom. The third-order valence-electron chi connectivity index (χ3n) is 2.57. The monoisotopic (exact) mass is 337 g/mol. The van der Waals surface area contributed by atoms with Crippen LogP contribution in [0.4, 0.5) is 5.69 Å². The quantitative estimate of drug-likeness (QED) is 0.615. The molecule has 20 heavy (non-hydrogen) atoms. The molecule has 5 nitrogen and oxygen atoms in total. The largest absolute Gasteiger partial charge is 0.395 e. The van der Waals surface area contributed by atoms with Crippen molar-refractivity contribution in [2.24, 2.45) is 0 Å². The first-order valence-corrected chi connectivity index (χ1v) is 6.93. The summed E-state index contributed by atoms with van der Waals surface area (Å²) in [6.07, 6.45) is 1.46.